The maximum absolute atomic E-state index is 4.55. The highest BCUT2D eigenvalue weighted by molar-refractivity contribution is 14.0. The van der Waals surface area contributed by atoms with E-state index in [1.54, 1.807) is 0 Å². The van der Waals surface area contributed by atoms with Crippen molar-refractivity contribution in [2.24, 2.45) is 4.99 Å². The monoisotopic (exact) mass is 390 g/mol. The number of aliphatic imine (C=N–C) groups is 1. The van der Waals surface area contributed by atoms with E-state index in [2.05, 4.69) is 72.7 Å². The topological polar surface area (TPSA) is 39.7 Å². The van der Waals surface area contributed by atoms with Crippen LogP contribution in [0.4, 0.5) is 0 Å². The second-order valence-electron chi connectivity index (χ2n) is 4.78. The quantitative estimate of drug-likeness (QED) is 0.445. The lowest BCUT2D eigenvalue weighted by Crippen LogP contribution is -2.36. The van der Waals surface area contributed by atoms with Gasteiger partial charge in [0.25, 0.3) is 0 Å². The molecule has 0 saturated carbocycles. The number of rotatable bonds is 6. The summed E-state index contributed by atoms with van der Waals surface area (Å²) in [7, 11) is 4.16. The number of nitrogens with zero attached hydrogens (tertiary/aromatic N) is 2. The lowest BCUT2D eigenvalue weighted by molar-refractivity contribution is 0.402. The fourth-order valence-electron chi connectivity index (χ4n) is 1.79. The van der Waals surface area contributed by atoms with Gasteiger partial charge in [0, 0.05) is 19.6 Å². The maximum atomic E-state index is 4.55. The first-order valence-corrected chi connectivity index (χ1v) is 6.90. The zero-order valence-electron chi connectivity index (χ0n) is 12.9. The molecule has 0 aliphatic carbocycles. The molecule has 0 radical (unpaired) electrons. The van der Waals surface area contributed by atoms with E-state index in [1.807, 2.05) is 0 Å². The van der Waals surface area contributed by atoms with Crippen molar-refractivity contribution in [3.05, 3.63) is 35.4 Å². The molecule has 1 aromatic rings. The third-order valence-electron chi connectivity index (χ3n) is 2.63. The highest BCUT2D eigenvalue weighted by Crippen LogP contribution is 2.07. The number of nitrogens with one attached hydrogen (secondary N) is 2. The molecule has 1 aromatic carbocycles. The normalized spacial score (nSPS) is 9.85. The first kappa shape index (κ1) is 19.2. The highest BCUT2D eigenvalue weighted by Gasteiger charge is 1.98. The van der Waals surface area contributed by atoms with Gasteiger partial charge in [-0.2, -0.15) is 0 Å². The van der Waals surface area contributed by atoms with Crippen molar-refractivity contribution in [2.75, 3.05) is 27.2 Å². The molecule has 2 N–H and O–H groups in total. The molecule has 114 valence electrons. The fourth-order valence-corrected chi connectivity index (χ4v) is 1.79. The van der Waals surface area contributed by atoms with Gasteiger partial charge in [-0.05, 0) is 39.1 Å². The Morgan fingerprint density at radius 3 is 1.95 bits per heavy atom. The Hall–Kier alpha value is -0.820. The van der Waals surface area contributed by atoms with Gasteiger partial charge < -0.3 is 15.5 Å². The van der Waals surface area contributed by atoms with Crippen molar-refractivity contribution >= 4 is 29.9 Å². The zero-order chi connectivity index (χ0) is 14.1. The lowest BCUT2D eigenvalue weighted by Gasteiger charge is -2.10. The van der Waals surface area contributed by atoms with Crippen LogP contribution in [-0.2, 0) is 13.1 Å². The highest BCUT2D eigenvalue weighted by atomic mass is 127. The number of hydrogen-bond donors (Lipinski definition) is 2. The minimum absolute atomic E-state index is 0. The van der Waals surface area contributed by atoms with Crippen LogP contribution in [0.1, 0.15) is 25.0 Å². The smallest absolute Gasteiger partial charge is 0.191 e. The molecular formula is C15H27IN4. The van der Waals surface area contributed by atoms with Gasteiger partial charge in [0.2, 0.25) is 0 Å². The molecule has 0 atom stereocenters. The van der Waals surface area contributed by atoms with Crippen LogP contribution in [0.15, 0.2) is 29.3 Å². The molecule has 0 amide bonds. The molecule has 5 heteroatoms. The van der Waals surface area contributed by atoms with E-state index in [-0.39, 0.29) is 24.0 Å². The third kappa shape index (κ3) is 7.69. The first-order chi connectivity index (χ1) is 9.15. The van der Waals surface area contributed by atoms with E-state index in [1.165, 1.54) is 11.1 Å². The summed E-state index contributed by atoms with van der Waals surface area (Å²) in [6.45, 7) is 7.59. The van der Waals surface area contributed by atoms with Gasteiger partial charge in [0.1, 0.15) is 0 Å². The van der Waals surface area contributed by atoms with Gasteiger partial charge in [-0.1, -0.05) is 24.3 Å². The van der Waals surface area contributed by atoms with Crippen LogP contribution in [0.25, 0.3) is 0 Å². The Morgan fingerprint density at radius 2 is 1.50 bits per heavy atom. The molecule has 0 aliphatic rings. The Balaban J connectivity index is 0.00000361. The molecule has 0 bridgehead atoms. The third-order valence-corrected chi connectivity index (χ3v) is 2.63. The predicted octanol–water partition coefficient (Wildman–Crippen LogP) is 2.44. The van der Waals surface area contributed by atoms with Crippen molar-refractivity contribution < 1.29 is 0 Å². The van der Waals surface area contributed by atoms with E-state index < -0.39 is 0 Å². The van der Waals surface area contributed by atoms with E-state index in [0.717, 1.165) is 25.6 Å². The molecule has 0 unspecified atom stereocenters. The number of benzene rings is 1. The Labute approximate surface area is 140 Å². The molecule has 0 aliphatic heterocycles. The first-order valence-electron chi connectivity index (χ1n) is 6.90. The van der Waals surface area contributed by atoms with Gasteiger partial charge in [-0.15, -0.1) is 24.0 Å². The van der Waals surface area contributed by atoms with Crippen molar-refractivity contribution in [1.82, 2.24) is 15.5 Å². The summed E-state index contributed by atoms with van der Waals surface area (Å²) in [5.74, 6) is 0.877. The SMILES string of the molecule is CCNC(=NCc1ccc(CN(C)C)cc1)NCC.I. The average Bonchev–Trinajstić information content (AvgIpc) is 2.37. The van der Waals surface area contributed by atoms with Crippen molar-refractivity contribution in [3.63, 3.8) is 0 Å². The number of hydrogen-bond acceptors (Lipinski definition) is 2. The molecule has 4 nitrogen and oxygen atoms in total. The van der Waals surface area contributed by atoms with Crippen LogP contribution in [0.2, 0.25) is 0 Å². The maximum Gasteiger partial charge on any atom is 0.191 e. The fraction of sp³-hybridized carbons (Fsp3) is 0.533. The molecule has 20 heavy (non-hydrogen) atoms. The molecule has 0 saturated heterocycles. The summed E-state index contributed by atoms with van der Waals surface area (Å²) in [6, 6.07) is 8.64. The van der Waals surface area contributed by atoms with Gasteiger partial charge >= 0.3 is 0 Å². The van der Waals surface area contributed by atoms with Crippen molar-refractivity contribution in [2.45, 2.75) is 26.9 Å². The molecule has 0 aromatic heterocycles. The lowest BCUT2D eigenvalue weighted by atomic mass is 10.1. The number of guanidine groups is 1. The van der Waals surface area contributed by atoms with Crippen molar-refractivity contribution in [3.8, 4) is 0 Å². The van der Waals surface area contributed by atoms with Gasteiger partial charge in [-0.25, -0.2) is 4.99 Å². The summed E-state index contributed by atoms with van der Waals surface area (Å²) in [5, 5.41) is 6.45. The molecule has 0 spiro atoms. The van der Waals surface area contributed by atoms with E-state index >= 15 is 0 Å². The Morgan fingerprint density at radius 1 is 1.00 bits per heavy atom. The molecule has 1 rings (SSSR count). The summed E-state index contributed by atoms with van der Waals surface area (Å²) in [6.07, 6.45) is 0. The van der Waals surface area contributed by atoms with Crippen LogP contribution >= 0.6 is 24.0 Å². The van der Waals surface area contributed by atoms with Crippen LogP contribution in [-0.4, -0.2) is 38.0 Å². The molecule has 0 fully saturated rings. The zero-order valence-corrected chi connectivity index (χ0v) is 15.3. The minimum Gasteiger partial charge on any atom is -0.357 e. The van der Waals surface area contributed by atoms with Crippen LogP contribution in [0, 0.1) is 0 Å². The molecule has 0 heterocycles. The van der Waals surface area contributed by atoms with Crippen LogP contribution in [0.5, 0.6) is 0 Å². The Kier molecular flexibility index (Phi) is 10.5. The Bertz CT molecular complexity index is 379. The molecular weight excluding hydrogens is 363 g/mol. The summed E-state index contributed by atoms with van der Waals surface area (Å²) in [5.41, 5.74) is 2.56. The average molecular weight is 390 g/mol. The van der Waals surface area contributed by atoms with Crippen molar-refractivity contribution in [1.29, 1.82) is 0 Å². The van der Waals surface area contributed by atoms with E-state index in [0.29, 0.717) is 6.54 Å². The van der Waals surface area contributed by atoms with E-state index in [4.69, 9.17) is 0 Å². The summed E-state index contributed by atoms with van der Waals surface area (Å²) < 4.78 is 0. The van der Waals surface area contributed by atoms with Gasteiger partial charge in [-0.3, -0.25) is 0 Å². The van der Waals surface area contributed by atoms with Crippen LogP contribution in [0.3, 0.4) is 0 Å². The summed E-state index contributed by atoms with van der Waals surface area (Å²) >= 11 is 0. The van der Waals surface area contributed by atoms with Crippen LogP contribution < -0.4 is 10.6 Å². The minimum atomic E-state index is 0. The second kappa shape index (κ2) is 10.9. The standard InChI is InChI=1S/C15H26N4.HI/c1-5-16-15(17-6-2)18-11-13-7-9-14(10-8-13)12-19(3)4;/h7-10H,5-6,11-12H2,1-4H3,(H2,16,17,18);1H. The van der Waals surface area contributed by atoms with Gasteiger partial charge in [0.05, 0.1) is 6.54 Å². The second-order valence-corrected chi connectivity index (χ2v) is 4.78. The van der Waals surface area contributed by atoms with E-state index in [9.17, 15) is 0 Å². The number of halogens is 1. The largest absolute Gasteiger partial charge is 0.357 e. The predicted molar refractivity (Wildman–Crippen MR) is 97.7 cm³/mol. The van der Waals surface area contributed by atoms with Gasteiger partial charge in [0.15, 0.2) is 5.96 Å². The summed E-state index contributed by atoms with van der Waals surface area (Å²) in [4.78, 5) is 6.72.